The molecule has 0 radical (unpaired) electrons. The first kappa shape index (κ1) is 25.3. The van der Waals surface area contributed by atoms with Gasteiger partial charge < -0.3 is 10.2 Å². The second-order valence-corrected chi connectivity index (χ2v) is 9.84. The summed E-state index contributed by atoms with van der Waals surface area (Å²) in [6.07, 6.45) is 0. The highest BCUT2D eigenvalue weighted by Crippen LogP contribution is 2.25. The van der Waals surface area contributed by atoms with Gasteiger partial charge in [0.05, 0.1) is 17.1 Å². The lowest BCUT2D eigenvalue weighted by atomic mass is 10.1. The zero-order valence-corrected chi connectivity index (χ0v) is 21.5. The Morgan fingerprint density at radius 2 is 1.58 bits per heavy atom. The second kappa shape index (κ2) is 11.7. The van der Waals surface area contributed by atoms with Gasteiger partial charge in [-0.3, -0.25) is 9.59 Å². The van der Waals surface area contributed by atoms with Crippen molar-refractivity contribution in [1.29, 1.82) is 0 Å². The van der Waals surface area contributed by atoms with E-state index in [4.69, 9.17) is 5.10 Å². The molecule has 2 amide bonds. The molecule has 6 nitrogen and oxygen atoms in total. The molecular weight excluding hydrogens is 468 g/mol. The Morgan fingerprint density at radius 1 is 0.944 bits per heavy atom. The molecule has 1 aromatic heterocycles. The Kier molecular flexibility index (Phi) is 8.23. The van der Waals surface area contributed by atoms with Gasteiger partial charge in [0, 0.05) is 22.6 Å². The van der Waals surface area contributed by atoms with E-state index in [1.54, 1.807) is 9.58 Å². The number of aromatic nitrogens is 2. The monoisotopic (exact) mass is 498 g/mol. The summed E-state index contributed by atoms with van der Waals surface area (Å²) in [5, 5.41) is 7.75. The molecule has 36 heavy (non-hydrogen) atoms. The molecule has 0 fully saturated rings. The summed E-state index contributed by atoms with van der Waals surface area (Å²) in [6.45, 7) is 5.83. The minimum absolute atomic E-state index is 0.0361. The highest BCUT2D eigenvalue weighted by molar-refractivity contribution is 8.00. The predicted octanol–water partition coefficient (Wildman–Crippen LogP) is 5.82. The number of amides is 2. The topological polar surface area (TPSA) is 67.2 Å². The molecule has 0 atom stereocenters. The van der Waals surface area contributed by atoms with Gasteiger partial charge in [-0.05, 0) is 45.0 Å². The Hall–Kier alpha value is -3.84. The van der Waals surface area contributed by atoms with Crippen LogP contribution in [0.25, 0.3) is 16.9 Å². The number of benzene rings is 3. The van der Waals surface area contributed by atoms with Crippen LogP contribution in [0.4, 0.5) is 5.82 Å². The van der Waals surface area contributed by atoms with Crippen LogP contribution in [0.3, 0.4) is 0 Å². The molecule has 4 rings (SSSR count). The summed E-state index contributed by atoms with van der Waals surface area (Å²) in [6, 6.07) is 29.3. The minimum Gasteiger partial charge on any atom is -0.330 e. The van der Waals surface area contributed by atoms with Gasteiger partial charge in [0.1, 0.15) is 12.4 Å². The molecule has 0 bridgehead atoms. The van der Waals surface area contributed by atoms with E-state index >= 15 is 0 Å². The second-order valence-electron chi connectivity index (χ2n) is 8.79. The van der Waals surface area contributed by atoms with Crippen molar-refractivity contribution in [1.82, 2.24) is 14.7 Å². The number of hydrogen-bond acceptors (Lipinski definition) is 4. The maximum absolute atomic E-state index is 13.1. The standard InChI is InChI=1S/C29H30N4O2S/c1-21(2)32(29(35)20-36-25-12-8-5-9-13-25)19-28(34)30-27-18-26(23-10-6-4-7-11-23)31-33(27)24-16-14-22(3)15-17-24/h4-18,21H,19-20H2,1-3H3,(H,30,34). The quantitative estimate of drug-likeness (QED) is 0.296. The van der Waals surface area contributed by atoms with Gasteiger partial charge in [-0.1, -0.05) is 66.2 Å². The summed E-state index contributed by atoms with van der Waals surface area (Å²) < 4.78 is 1.73. The molecule has 0 aliphatic rings. The van der Waals surface area contributed by atoms with E-state index in [9.17, 15) is 9.59 Å². The smallest absolute Gasteiger partial charge is 0.245 e. The number of carbonyl (C=O) groups is 2. The van der Waals surface area contributed by atoms with Crippen LogP contribution >= 0.6 is 11.8 Å². The minimum atomic E-state index is -0.269. The third-order valence-corrected chi connectivity index (χ3v) is 6.68. The summed E-state index contributed by atoms with van der Waals surface area (Å²) >= 11 is 1.47. The van der Waals surface area contributed by atoms with E-state index in [2.05, 4.69) is 5.32 Å². The number of rotatable bonds is 9. The van der Waals surface area contributed by atoms with Crippen LogP contribution in [0.5, 0.6) is 0 Å². The fourth-order valence-corrected chi connectivity index (χ4v) is 4.55. The van der Waals surface area contributed by atoms with Crippen LogP contribution in [0.15, 0.2) is 95.9 Å². The van der Waals surface area contributed by atoms with Crippen LogP contribution in [0, 0.1) is 6.92 Å². The molecule has 1 heterocycles. The van der Waals surface area contributed by atoms with Crippen molar-refractivity contribution >= 4 is 29.4 Å². The number of anilines is 1. The number of carbonyl (C=O) groups excluding carboxylic acids is 2. The highest BCUT2D eigenvalue weighted by Gasteiger charge is 2.22. The van der Waals surface area contributed by atoms with Crippen molar-refractivity contribution in [3.8, 4) is 16.9 Å². The van der Waals surface area contributed by atoms with Crippen molar-refractivity contribution in [2.75, 3.05) is 17.6 Å². The van der Waals surface area contributed by atoms with Gasteiger partial charge in [-0.25, -0.2) is 4.68 Å². The summed E-state index contributed by atoms with van der Waals surface area (Å²) in [5.74, 6) is 0.479. The first-order chi connectivity index (χ1) is 17.4. The fraction of sp³-hybridized carbons (Fsp3) is 0.207. The molecule has 0 saturated carbocycles. The van der Waals surface area contributed by atoms with E-state index < -0.39 is 0 Å². The lowest BCUT2D eigenvalue weighted by Gasteiger charge is -2.26. The highest BCUT2D eigenvalue weighted by atomic mass is 32.2. The van der Waals surface area contributed by atoms with Crippen LogP contribution in [0.2, 0.25) is 0 Å². The van der Waals surface area contributed by atoms with Gasteiger partial charge in [0.2, 0.25) is 11.8 Å². The summed E-state index contributed by atoms with van der Waals surface area (Å²) in [4.78, 5) is 28.7. The van der Waals surface area contributed by atoms with Crippen molar-refractivity contribution in [2.45, 2.75) is 31.7 Å². The van der Waals surface area contributed by atoms with Crippen molar-refractivity contribution < 1.29 is 9.59 Å². The van der Waals surface area contributed by atoms with E-state index in [1.807, 2.05) is 112 Å². The summed E-state index contributed by atoms with van der Waals surface area (Å²) in [7, 11) is 0. The molecule has 7 heteroatoms. The molecule has 4 aromatic rings. The van der Waals surface area contributed by atoms with Crippen LogP contribution in [-0.2, 0) is 9.59 Å². The van der Waals surface area contributed by atoms with Gasteiger partial charge in [0.25, 0.3) is 0 Å². The van der Waals surface area contributed by atoms with E-state index in [0.717, 1.165) is 27.4 Å². The van der Waals surface area contributed by atoms with Crippen molar-refractivity contribution in [2.24, 2.45) is 0 Å². The predicted molar refractivity (Wildman–Crippen MR) is 146 cm³/mol. The van der Waals surface area contributed by atoms with Crippen LogP contribution in [0.1, 0.15) is 19.4 Å². The number of hydrogen-bond donors (Lipinski definition) is 1. The van der Waals surface area contributed by atoms with E-state index in [-0.39, 0.29) is 30.2 Å². The first-order valence-electron chi connectivity index (χ1n) is 11.9. The zero-order chi connectivity index (χ0) is 25.5. The Balaban J connectivity index is 1.52. The van der Waals surface area contributed by atoms with Crippen LogP contribution < -0.4 is 5.32 Å². The molecule has 184 valence electrons. The largest absolute Gasteiger partial charge is 0.330 e. The SMILES string of the molecule is Cc1ccc(-n2nc(-c3ccccc3)cc2NC(=O)CN(C(=O)CSc2ccccc2)C(C)C)cc1. The molecule has 0 spiro atoms. The lowest BCUT2D eigenvalue weighted by molar-refractivity contribution is -0.134. The molecule has 1 N–H and O–H groups in total. The summed E-state index contributed by atoms with van der Waals surface area (Å²) in [5.41, 5.74) is 3.69. The van der Waals surface area contributed by atoms with Crippen molar-refractivity contribution in [3.05, 3.63) is 96.6 Å². The van der Waals surface area contributed by atoms with Gasteiger partial charge >= 0.3 is 0 Å². The number of thioether (sulfide) groups is 1. The maximum Gasteiger partial charge on any atom is 0.245 e. The van der Waals surface area contributed by atoms with Gasteiger partial charge in [0.15, 0.2) is 0 Å². The third-order valence-electron chi connectivity index (χ3n) is 5.69. The van der Waals surface area contributed by atoms with E-state index in [0.29, 0.717) is 5.82 Å². The molecule has 3 aromatic carbocycles. The number of nitrogens with one attached hydrogen (secondary N) is 1. The average Bonchev–Trinajstić information content (AvgIpc) is 3.31. The number of nitrogens with zero attached hydrogens (tertiary/aromatic N) is 3. The average molecular weight is 499 g/mol. The Bertz CT molecular complexity index is 1300. The maximum atomic E-state index is 13.1. The van der Waals surface area contributed by atoms with Gasteiger partial charge in [-0.2, -0.15) is 5.10 Å². The first-order valence-corrected chi connectivity index (χ1v) is 12.9. The van der Waals surface area contributed by atoms with Gasteiger partial charge in [-0.15, -0.1) is 11.8 Å². The Morgan fingerprint density at radius 3 is 2.22 bits per heavy atom. The van der Waals surface area contributed by atoms with E-state index in [1.165, 1.54) is 11.8 Å². The molecule has 0 aliphatic carbocycles. The number of aryl methyl sites for hydroxylation is 1. The molecule has 0 saturated heterocycles. The van der Waals surface area contributed by atoms with Crippen molar-refractivity contribution in [3.63, 3.8) is 0 Å². The normalized spacial score (nSPS) is 10.9. The fourth-order valence-electron chi connectivity index (χ4n) is 3.74. The molecule has 0 unspecified atom stereocenters. The third kappa shape index (κ3) is 6.43. The Labute approximate surface area is 216 Å². The lowest BCUT2D eigenvalue weighted by Crippen LogP contribution is -2.43. The van der Waals surface area contributed by atoms with Crippen LogP contribution in [-0.4, -0.2) is 44.8 Å². The zero-order valence-electron chi connectivity index (χ0n) is 20.7. The molecular formula is C29H30N4O2S. The molecule has 0 aliphatic heterocycles.